The molecule has 2 aromatic carbocycles. The molecule has 0 fully saturated rings. The van der Waals surface area contributed by atoms with Crippen molar-refractivity contribution in [3.63, 3.8) is 0 Å². The molecule has 0 amide bonds. The normalized spacial score (nSPS) is 10.3. The zero-order chi connectivity index (χ0) is 13.8. The lowest BCUT2D eigenvalue weighted by molar-refractivity contribution is 0.112. The van der Waals surface area contributed by atoms with Crippen molar-refractivity contribution in [1.29, 1.82) is 0 Å². The van der Waals surface area contributed by atoms with Gasteiger partial charge < -0.3 is 4.74 Å². The average molecular weight is 319 g/mol. The van der Waals surface area contributed by atoms with Gasteiger partial charge in [0, 0.05) is 5.56 Å². The molecule has 0 aliphatic rings. The van der Waals surface area contributed by atoms with Crippen LogP contribution >= 0.6 is 15.9 Å². The van der Waals surface area contributed by atoms with E-state index >= 15 is 0 Å². The quantitative estimate of drug-likeness (QED) is 0.778. The van der Waals surface area contributed by atoms with Crippen LogP contribution in [0.25, 0.3) is 0 Å². The number of rotatable bonds is 4. The van der Waals surface area contributed by atoms with Crippen molar-refractivity contribution in [1.82, 2.24) is 0 Å². The van der Waals surface area contributed by atoms with Gasteiger partial charge in [0.2, 0.25) is 0 Å². The first kappa shape index (κ1) is 13.8. The Morgan fingerprint density at radius 1 is 1.16 bits per heavy atom. The van der Waals surface area contributed by atoms with Gasteiger partial charge in [-0.25, -0.2) is 0 Å². The second-order valence-corrected chi connectivity index (χ2v) is 5.33. The minimum atomic E-state index is 0.454. The van der Waals surface area contributed by atoms with E-state index < -0.39 is 0 Å². The van der Waals surface area contributed by atoms with Crippen LogP contribution in [0.15, 0.2) is 40.9 Å². The van der Waals surface area contributed by atoms with Crippen LogP contribution in [-0.2, 0) is 6.61 Å². The summed E-state index contributed by atoms with van der Waals surface area (Å²) >= 11 is 3.45. The van der Waals surface area contributed by atoms with E-state index in [4.69, 9.17) is 4.74 Å². The Kier molecular flexibility index (Phi) is 4.38. The Hall–Kier alpha value is -1.61. The van der Waals surface area contributed by atoms with E-state index in [1.54, 1.807) is 0 Å². The third kappa shape index (κ3) is 3.24. The summed E-state index contributed by atoms with van der Waals surface area (Å²) in [7, 11) is 0. The number of aryl methyl sites for hydroxylation is 2. The zero-order valence-electron chi connectivity index (χ0n) is 10.9. The molecule has 0 spiro atoms. The monoisotopic (exact) mass is 318 g/mol. The molecule has 0 heterocycles. The van der Waals surface area contributed by atoms with Crippen LogP contribution in [0, 0.1) is 13.8 Å². The summed E-state index contributed by atoms with van der Waals surface area (Å²) in [6, 6.07) is 11.6. The summed E-state index contributed by atoms with van der Waals surface area (Å²) in [5.41, 5.74) is 3.88. The van der Waals surface area contributed by atoms with Crippen molar-refractivity contribution in [2.45, 2.75) is 20.5 Å². The van der Waals surface area contributed by atoms with Gasteiger partial charge in [0.25, 0.3) is 0 Å². The topological polar surface area (TPSA) is 26.3 Å². The highest BCUT2D eigenvalue weighted by atomic mass is 79.9. The first-order valence-corrected chi connectivity index (χ1v) is 6.83. The number of benzene rings is 2. The molecule has 2 rings (SSSR count). The summed E-state index contributed by atoms with van der Waals surface area (Å²) in [5, 5.41) is 0. The van der Waals surface area contributed by atoms with Gasteiger partial charge in [0.15, 0.2) is 0 Å². The van der Waals surface area contributed by atoms with E-state index in [0.717, 1.165) is 38.8 Å². The summed E-state index contributed by atoms with van der Waals surface area (Å²) in [4.78, 5) is 11.0. The van der Waals surface area contributed by atoms with E-state index in [0.29, 0.717) is 6.61 Å². The number of ether oxygens (including phenoxy) is 1. The average Bonchev–Trinajstić information content (AvgIpc) is 2.39. The lowest BCUT2D eigenvalue weighted by atomic mass is 10.0. The molecular weight excluding hydrogens is 304 g/mol. The van der Waals surface area contributed by atoms with Gasteiger partial charge in [0.05, 0.1) is 4.47 Å². The number of hydrogen-bond acceptors (Lipinski definition) is 2. The van der Waals surface area contributed by atoms with Crippen LogP contribution in [-0.4, -0.2) is 6.29 Å². The molecule has 0 saturated heterocycles. The van der Waals surface area contributed by atoms with Crippen molar-refractivity contribution >= 4 is 22.2 Å². The summed E-state index contributed by atoms with van der Waals surface area (Å²) in [6.45, 7) is 4.42. The fraction of sp³-hybridized carbons (Fsp3) is 0.188. The predicted molar refractivity (Wildman–Crippen MR) is 79.8 cm³/mol. The number of halogens is 1. The van der Waals surface area contributed by atoms with Gasteiger partial charge in [-0.05, 0) is 64.7 Å². The molecule has 0 aliphatic heterocycles. The van der Waals surface area contributed by atoms with Crippen LogP contribution in [0.5, 0.6) is 5.75 Å². The molecular formula is C16H15BrO2. The van der Waals surface area contributed by atoms with Crippen LogP contribution in [0.4, 0.5) is 0 Å². The first-order valence-electron chi connectivity index (χ1n) is 6.04. The maximum absolute atomic E-state index is 11.0. The minimum absolute atomic E-state index is 0.454. The van der Waals surface area contributed by atoms with Crippen LogP contribution < -0.4 is 4.74 Å². The Labute approximate surface area is 121 Å². The number of carbonyl (C=O) groups is 1. The molecule has 2 nitrogen and oxygen atoms in total. The van der Waals surface area contributed by atoms with Gasteiger partial charge in [-0.2, -0.15) is 0 Å². The van der Waals surface area contributed by atoms with E-state index in [1.165, 1.54) is 0 Å². The number of para-hydroxylation sites is 1. The Morgan fingerprint density at radius 2 is 1.89 bits per heavy atom. The largest absolute Gasteiger partial charge is 0.488 e. The maximum atomic E-state index is 11.0. The third-order valence-corrected chi connectivity index (χ3v) is 3.73. The molecule has 0 unspecified atom stereocenters. The van der Waals surface area contributed by atoms with Gasteiger partial charge in [-0.1, -0.05) is 18.2 Å². The van der Waals surface area contributed by atoms with Gasteiger partial charge in [-0.3, -0.25) is 4.79 Å². The van der Waals surface area contributed by atoms with Gasteiger partial charge in [-0.15, -0.1) is 0 Å². The Bertz CT molecular complexity index is 606. The smallest absolute Gasteiger partial charge is 0.150 e. The highest BCUT2D eigenvalue weighted by molar-refractivity contribution is 9.10. The highest BCUT2D eigenvalue weighted by Crippen LogP contribution is 2.25. The van der Waals surface area contributed by atoms with Crippen molar-refractivity contribution < 1.29 is 9.53 Å². The molecule has 0 atom stereocenters. The fourth-order valence-corrected chi connectivity index (χ4v) is 2.32. The standard InChI is InChI=1S/C16H15BrO2/c1-11-7-12(2)14(8-13(11)9-18)10-19-16-6-4-3-5-15(16)17/h3-9H,10H2,1-2H3. The third-order valence-electron chi connectivity index (χ3n) is 3.07. The lowest BCUT2D eigenvalue weighted by Gasteiger charge is -2.12. The SMILES string of the molecule is Cc1cc(C)c(COc2ccccc2Br)cc1C=O. The van der Waals surface area contributed by atoms with Crippen LogP contribution in [0.3, 0.4) is 0 Å². The Balaban J connectivity index is 2.20. The van der Waals surface area contributed by atoms with Crippen molar-refractivity contribution in [3.05, 3.63) is 63.1 Å². The number of carbonyl (C=O) groups excluding carboxylic acids is 1. The molecule has 0 N–H and O–H groups in total. The molecule has 2 aromatic rings. The predicted octanol–water partition coefficient (Wildman–Crippen LogP) is 4.46. The van der Waals surface area contributed by atoms with E-state index in [9.17, 15) is 4.79 Å². The molecule has 0 aromatic heterocycles. The molecule has 0 saturated carbocycles. The zero-order valence-corrected chi connectivity index (χ0v) is 12.5. The summed E-state index contributed by atoms with van der Waals surface area (Å²) in [6.07, 6.45) is 0.886. The van der Waals surface area contributed by atoms with Crippen LogP contribution in [0.2, 0.25) is 0 Å². The Morgan fingerprint density at radius 3 is 2.58 bits per heavy atom. The van der Waals surface area contributed by atoms with E-state index in [1.807, 2.05) is 50.2 Å². The molecule has 0 bridgehead atoms. The highest BCUT2D eigenvalue weighted by Gasteiger charge is 2.06. The summed E-state index contributed by atoms with van der Waals surface area (Å²) in [5.74, 6) is 0.801. The minimum Gasteiger partial charge on any atom is -0.488 e. The second kappa shape index (κ2) is 6.02. The molecule has 0 aliphatic carbocycles. The number of aldehydes is 1. The first-order chi connectivity index (χ1) is 9.11. The fourth-order valence-electron chi connectivity index (χ4n) is 1.92. The van der Waals surface area contributed by atoms with Crippen molar-refractivity contribution in [2.24, 2.45) is 0 Å². The second-order valence-electron chi connectivity index (χ2n) is 4.47. The molecule has 98 valence electrons. The van der Waals surface area contributed by atoms with Crippen molar-refractivity contribution in [2.75, 3.05) is 0 Å². The molecule has 19 heavy (non-hydrogen) atoms. The van der Waals surface area contributed by atoms with Gasteiger partial charge >= 0.3 is 0 Å². The van der Waals surface area contributed by atoms with E-state index in [2.05, 4.69) is 15.9 Å². The lowest BCUT2D eigenvalue weighted by Crippen LogP contribution is -2.01. The molecule has 0 radical (unpaired) electrons. The van der Waals surface area contributed by atoms with E-state index in [-0.39, 0.29) is 0 Å². The summed E-state index contributed by atoms with van der Waals surface area (Å²) < 4.78 is 6.71. The van der Waals surface area contributed by atoms with Crippen molar-refractivity contribution in [3.8, 4) is 5.75 Å². The number of hydrogen-bond donors (Lipinski definition) is 0. The van der Waals surface area contributed by atoms with Crippen LogP contribution in [0.1, 0.15) is 27.0 Å². The molecule has 3 heteroatoms. The van der Waals surface area contributed by atoms with Gasteiger partial charge in [0.1, 0.15) is 18.6 Å². The maximum Gasteiger partial charge on any atom is 0.150 e.